The zero-order chi connectivity index (χ0) is 12.5. The van der Waals surface area contributed by atoms with E-state index in [1.54, 1.807) is 0 Å². The molecular weight excluding hydrogens is 216 g/mol. The SMILES string of the molecule is CCOC(=O)C1(CC)OC1(C)c1ccccc1. The van der Waals surface area contributed by atoms with Gasteiger partial charge < -0.3 is 9.47 Å². The van der Waals surface area contributed by atoms with Crippen molar-refractivity contribution >= 4 is 5.97 Å². The molecule has 3 heteroatoms. The largest absolute Gasteiger partial charge is 0.464 e. The maximum atomic E-state index is 12.0. The highest BCUT2D eigenvalue weighted by molar-refractivity contribution is 5.85. The van der Waals surface area contributed by atoms with Crippen molar-refractivity contribution in [2.75, 3.05) is 6.61 Å². The molecule has 2 rings (SSSR count). The molecule has 0 spiro atoms. The van der Waals surface area contributed by atoms with Crippen LogP contribution in [-0.4, -0.2) is 18.2 Å². The van der Waals surface area contributed by atoms with Gasteiger partial charge in [-0.25, -0.2) is 4.79 Å². The predicted octanol–water partition coefficient (Wildman–Crippen LogP) is 2.64. The van der Waals surface area contributed by atoms with Crippen molar-refractivity contribution in [3.05, 3.63) is 35.9 Å². The fourth-order valence-corrected chi connectivity index (χ4v) is 2.41. The van der Waals surface area contributed by atoms with E-state index in [-0.39, 0.29) is 5.97 Å². The maximum Gasteiger partial charge on any atom is 0.341 e. The molecule has 0 amide bonds. The van der Waals surface area contributed by atoms with Gasteiger partial charge >= 0.3 is 5.97 Å². The summed E-state index contributed by atoms with van der Waals surface area (Å²) < 4.78 is 10.9. The second-order valence-corrected chi connectivity index (χ2v) is 4.40. The molecule has 1 aliphatic heterocycles. The van der Waals surface area contributed by atoms with Crippen LogP contribution in [0.3, 0.4) is 0 Å². The van der Waals surface area contributed by atoms with Crippen LogP contribution in [0.2, 0.25) is 0 Å². The number of ether oxygens (including phenoxy) is 2. The van der Waals surface area contributed by atoms with E-state index in [2.05, 4.69) is 0 Å². The van der Waals surface area contributed by atoms with Gasteiger partial charge in [-0.15, -0.1) is 0 Å². The normalized spacial score (nSPS) is 31.0. The van der Waals surface area contributed by atoms with E-state index < -0.39 is 11.2 Å². The van der Waals surface area contributed by atoms with Crippen molar-refractivity contribution in [2.24, 2.45) is 0 Å². The van der Waals surface area contributed by atoms with Crippen molar-refractivity contribution in [3.8, 4) is 0 Å². The number of carbonyl (C=O) groups is 1. The van der Waals surface area contributed by atoms with Gasteiger partial charge in [0.25, 0.3) is 0 Å². The molecule has 3 nitrogen and oxygen atoms in total. The number of epoxide rings is 1. The quantitative estimate of drug-likeness (QED) is 0.594. The molecule has 1 aromatic rings. The Labute approximate surface area is 102 Å². The summed E-state index contributed by atoms with van der Waals surface area (Å²) in [4.78, 5) is 12.0. The third-order valence-corrected chi connectivity index (χ3v) is 3.54. The van der Waals surface area contributed by atoms with E-state index in [1.807, 2.05) is 51.1 Å². The van der Waals surface area contributed by atoms with Crippen LogP contribution in [0.4, 0.5) is 0 Å². The Bertz CT molecular complexity index is 415. The first kappa shape index (κ1) is 12.1. The molecule has 1 heterocycles. The van der Waals surface area contributed by atoms with Crippen LogP contribution in [0.1, 0.15) is 32.8 Å². The van der Waals surface area contributed by atoms with E-state index in [0.29, 0.717) is 13.0 Å². The van der Waals surface area contributed by atoms with Crippen LogP contribution >= 0.6 is 0 Å². The summed E-state index contributed by atoms with van der Waals surface area (Å²) in [6, 6.07) is 9.82. The number of rotatable bonds is 4. The van der Waals surface area contributed by atoms with Crippen molar-refractivity contribution in [1.29, 1.82) is 0 Å². The van der Waals surface area contributed by atoms with E-state index in [9.17, 15) is 4.79 Å². The molecule has 0 aliphatic carbocycles. The third kappa shape index (κ3) is 1.65. The Kier molecular flexibility index (Phi) is 2.96. The number of hydrogen-bond acceptors (Lipinski definition) is 3. The van der Waals surface area contributed by atoms with Gasteiger partial charge in [0.2, 0.25) is 0 Å². The highest BCUT2D eigenvalue weighted by Crippen LogP contribution is 2.58. The number of benzene rings is 1. The maximum absolute atomic E-state index is 12.0. The molecule has 17 heavy (non-hydrogen) atoms. The zero-order valence-corrected chi connectivity index (χ0v) is 10.5. The summed E-state index contributed by atoms with van der Waals surface area (Å²) in [7, 11) is 0. The summed E-state index contributed by atoms with van der Waals surface area (Å²) >= 11 is 0. The fraction of sp³-hybridized carbons (Fsp3) is 0.500. The van der Waals surface area contributed by atoms with Crippen LogP contribution in [0, 0.1) is 0 Å². The Morgan fingerprint density at radius 1 is 1.29 bits per heavy atom. The summed E-state index contributed by atoms with van der Waals surface area (Å²) in [5.41, 5.74) is -0.325. The number of carbonyl (C=O) groups excluding carboxylic acids is 1. The Balaban J connectivity index is 2.28. The molecule has 2 unspecified atom stereocenters. The van der Waals surface area contributed by atoms with Gasteiger partial charge in [0.1, 0.15) is 5.60 Å². The van der Waals surface area contributed by atoms with Gasteiger partial charge in [0.15, 0.2) is 5.60 Å². The monoisotopic (exact) mass is 234 g/mol. The minimum Gasteiger partial charge on any atom is -0.464 e. The second-order valence-electron chi connectivity index (χ2n) is 4.40. The van der Waals surface area contributed by atoms with Crippen LogP contribution in [-0.2, 0) is 19.9 Å². The highest BCUT2D eigenvalue weighted by atomic mass is 16.7. The van der Waals surface area contributed by atoms with Gasteiger partial charge in [0, 0.05) is 0 Å². The highest BCUT2D eigenvalue weighted by Gasteiger charge is 2.72. The van der Waals surface area contributed by atoms with E-state index in [1.165, 1.54) is 0 Å². The first-order valence-electron chi connectivity index (χ1n) is 6.03. The summed E-state index contributed by atoms with van der Waals surface area (Å²) in [5, 5.41) is 0. The van der Waals surface area contributed by atoms with Gasteiger partial charge in [-0.2, -0.15) is 0 Å². The van der Waals surface area contributed by atoms with Crippen molar-refractivity contribution in [1.82, 2.24) is 0 Å². The van der Waals surface area contributed by atoms with E-state index >= 15 is 0 Å². The number of hydrogen-bond donors (Lipinski definition) is 0. The molecule has 1 saturated heterocycles. The average molecular weight is 234 g/mol. The van der Waals surface area contributed by atoms with Gasteiger partial charge in [-0.1, -0.05) is 37.3 Å². The van der Waals surface area contributed by atoms with Crippen LogP contribution in [0.5, 0.6) is 0 Å². The summed E-state index contributed by atoms with van der Waals surface area (Å²) in [6.45, 7) is 6.09. The first-order valence-corrected chi connectivity index (χ1v) is 6.03. The van der Waals surface area contributed by atoms with E-state index in [4.69, 9.17) is 9.47 Å². The van der Waals surface area contributed by atoms with Gasteiger partial charge in [-0.3, -0.25) is 0 Å². The third-order valence-electron chi connectivity index (χ3n) is 3.54. The van der Waals surface area contributed by atoms with Crippen molar-refractivity contribution in [2.45, 2.75) is 38.4 Å². The lowest BCUT2D eigenvalue weighted by Gasteiger charge is -2.14. The van der Waals surface area contributed by atoms with Gasteiger partial charge in [-0.05, 0) is 25.8 Å². The predicted molar refractivity (Wildman–Crippen MR) is 64.5 cm³/mol. The van der Waals surface area contributed by atoms with Crippen LogP contribution in [0.25, 0.3) is 0 Å². The van der Waals surface area contributed by atoms with Crippen molar-refractivity contribution in [3.63, 3.8) is 0 Å². The minimum atomic E-state index is -0.801. The topological polar surface area (TPSA) is 38.8 Å². The van der Waals surface area contributed by atoms with Gasteiger partial charge in [0.05, 0.1) is 6.61 Å². The first-order chi connectivity index (χ1) is 8.10. The molecular formula is C14H18O3. The molecule has 1 aliphatic rings. The van der Waals surface area contributed by atoms with Crippen LogP contribution < -0.4 is 0 Å². The smallest absolute Gasteiger partial charge is 0.341 e. The molecule has 0 bridgehead atoms. The molecule has 0 aromatic heterocycles. The van der Waals surface area contributed by atoms with E-state index in [0.717, 1.165) is 5.56 Å². The molecule has 0 saturated carbocycles. The van der Waals surface area contributed by atoms with Crippen molar-refractivity contribution < 1.29 is 14.3 Å². The second kappa shape index (κ2) is 4.15. The van der Waals surface area contributed by atoms with Crippen LogP contribution in [0.15, 0.2) is 30.3 Å². The molecule has 1 fully saturated rings. The number of esters is 1. The molecule has 1 aromatic carbocycles. The lowest BCUT2D eigenvalue weighted by Crippen LogP contribution is -2.32. The Morgan fingerprint density at radius 2 is 1.94 bits per heavy atom. The molecule has 2 atom stereocenters. The zero-order valence-electron chi connectivity index (χ0n) is 10.5. The molecule has 0 radical (unpaired) electrons. The standard InChI is InChI=1S/C14H18O3/c1-4-14(12(15)16-5-2)13(3,17-14)11-9-7-6-8-10-11/h6-10H,4-5H2,1-3H3. The minimum absolute atomic E-state index is 0.256. The average Bonchev–Trinajstić information content (AvgIpc) is 3.00. The Hall–Kier alpha value is -1.35. The molecule has 92 valence electrons. The Morgan fingerprint density at radius 3 is 2.47 bits per heavy atom. The summed E-state index contributed by atoms with van der Waals surface area (Å²) in [5.74, 6) is -0.256. The molecule has 0 N–H and O–H groups in total. The lowest BCUT2D eigenvalue weighted by molar-refractivity contribution is -0.149. The summed E-state index contributed by atoms with van der Waals surface area (Å²) in [6.07, 6.45) is 0.622. The fourth-order valence-electron chi connectivity index (χ4n) is 2.41. The lowest BCUT2D eigenvalue weighted by atomic mass is 9.86.